The third-order valence-electron chi connectivity index (χ3n) is 4.06. The zero-order valence-corrected chi connectivity index (χ0v) is 14.4. The lowest BCUT2D eigenvalue weighted by Crippen LogP contribution is -2.56. The zero-order chi connectivity index (χ0) is 17.0. The van der Waals surface area contributed by atoms with Gasteiger partial charge in [-0.25, -0.2) is 4.98 Å². The fourth-order valence-electron chi connectivity index (χ4n) is 2.61. The van der Waals surface area contributed by atoms with Crippen LogP contribution in [-0.4, -0.2) is 53.9 Å². The molecular weight excluding hydrogens is 292 g/mol. The maximum Gasteiger partial charge on any atom is 0.237 e. The molecule has 1 aromatic heterocycles. The molecule has 1 aliphatic rings. The van der Waals surface area contributed by atoms with Crippen molar-refractivity contribution in [2.45, 2.75) is 33.7 Å². The molecular formula is C17H26N4O2. The van der Waals surface area contributed by atoms with Gasteiger partial charge in [-0.3, -0.25) is 9.59 Å². The van der Waals surface area contributed by atoms with Crippen molar-refractivity contribution >= 4 is 17.6 Å². The highest BCUT2D eigenvalue weighted by atomic mass is 16.2. The van der Waals surface area contributed by atoms with E-state index in [1.54, 1.807) is 24.9 Å². The fourth-order valence-corrected chi connectivity index (χ4v) is 2.61. The minimum atomic E-state index is -1.04. The van der Waals surface area contributed by atoms with Crippen LogP contribution in [0.25, 0.3) is 0 Å². The van der Waals surface area contributed by atoms with Gasteiger partial charge >= 0.3 is 0 Å². The quantitative estimate of drug-likeness (QED) is 0.850. The van der Waals surface area contributed by atoms with Crippen LogP contribution in [-0.2, 0) is 9.59 Å². The molecule has 0 aromatic carbocycles. The summed E-state index contributed by atoms with van der Waals surface area (Å²) in [6, 6.07) is 5.84. The smallest absolute Gasteiger partial charge is 0.237 e. The second kappa shape index (κ2) is 6.98. The summed E-state index contributed by atoms with van der Waals surface area (Å²) in [6.07, 6.45) is 1.77. The third-order valence-corrected chi connectivity index (χ3v) is 4.06. The molecule has 0 bridgehead atoms. The number of piperazine rings is 1. The topological polar surface area (TPSA) is 65.5 Å². The fraction of sp³-hybridized carbons (Fsp3) is 0.588. The molecule has 0 saturated carbocycles. The summed E-state index contributed by atoms with van der Waals surface area (Å²) in [4.78, 5) is 33.3. The summed E-state index contributed by atoms with van der Waals surface area (Å²) in [7, 11) is 0. The Kier molecular flexibility index (Phi) is 5.23. The number of carbonyl (C=O) groups excluding carboxylic acids is 2. The van der Waals surface area contributed by atoms with Crippen molar-refractivity contribution in [3.8, 4) is 0 Å². The second-order valence-corrected chi connectivity index (χ2v) is 6.72. The summed E-state index contributed by atoms with van der Waals surface area (Å²) in [5.74, 6) is 0.595. The first-order valence-corrected chi connectivity index (χ1v) is 8.08. The predicted molar refractivity (Wildman–Crippen MR) is 90.1 cm³/mol. The van der Waals surface area contributed by atoms with Crippen LogP contribution in [0.3, 0.4) is 0 Å². The van der Waals surface area contributed by atoms with Crippen LogP contribution in [0.1, 0.15) is 27.7 Å². The molecule has 0 atom stereocenters. The molecule has 1 N–H and O–H groups in total. The largest absolute Gasteiger partial charge is 0.353 e. The van der Waals surface area contributed by atoms with Gasteiger partial charge in [-0.2, -0.15) is 0 Å². The van der Waals surface area contributed by atoms with Crippen molar-refractivity contribution in [1.82, 2.24) is 15.2 Å². The Morgan fingerprint density at radius 2 is 1.83 bits per heavy atom. The van der Waals surface area contributed by atoms with Crippen molar-refractivity contribution in [2.75, 3.05) is 31.1 Å². The van der Waals surface area contributed by atoms with E-state index in [1.807, 2.05) is 32.0 Å². The number of rotatable bonds is 4. The molecule has 0 radical (unpaired) electrons. The van der Waals surface area contributed by atoms with Gasteiger partial charge in [0.15, 0.2) is 0 Å². The number of aromatic nitrogens is 1. The van der Waals surface area contributed by atoms with Crippen molar-refractivity contribution in [3.63, 3.8) is 0 Å². The molecule has 0 unspecified atom stereocenters. The Labute approximate surface area is 137 Å². The van der Waals surface area contributed by atoms with E-state index in [1.165, 1.54) is 0 Å². The number of hydrogen-bond donors (Lipinski definition) is 1. The molecule has 23 heavy (non-hydrogen) atoms. The summed E-state index contributed by atoms with van der Waals surface area (Å²) >= 11 is 0. The van der Waals surface area contributed by atoms with Gasteiger partial charge in [0.1, 0.15) is 11.2 Å². The van der Waals surface area contributed by atoms with Gasteiger partial charge in [-0.15, -0.1) is 0 Å². The van der Waals surface area contributed by atoms with Crippen LogP contribution < -0.4 is 10.2 Å². The maximum atomic E-state index is 12.7. The highest BCUT2D eigenvalue weighted by Crippen LogP contribution is 2.22. The Morgan fingerprint density at radius 1 is 1.17 bits per heavy atom. The van der Waals surface area contributed by atoms with E-state index in [2.05, 4.69) is 15.2 Å². The number of pyridine rings is 1. The normalized spacial score (nSPS) is 15.7. The molecule has 6 nitrogen and oxygen atoms in total. The molecule has 1 aromatic rings. The predicted octanol–water partition coefficient (Wildman–Crippen LogP) is 1.28. The van der Waals surface area contributed by atoms with E-state index in [0.717, 1.165) is 18.9 Å². The van der Waals surface area contributed by atoms with Gasteiger partial charge in [0.25, 0.3) is 0 Å². The average molecular weight is 318 g/mol. The lowest BCUT2D eigenvalue weighted by Gasteiger charge is -2.38. The van der Waals surface area contributed by atoms with Gasteiger partial charge in [-0.05, 0) is 39.8 Å². The summed E-state index contributed by atoms with van der Waals surface area (Å²) in [6.45, 7) is 9.83. The molecule has 2 rings (SSSR count). The van der Waals surface area contributed by atoms with E-state index in [-0.39, 0.29) is 17.9 Å². The van der Waals surface area contributed by atoms with Gasteiger partial charge < -0.3 is 15.1 Å². The first-order valence-electron chi connectivity index (χ1n) is 8.08. The SMILES string of the molecule is CC(C)NC(=O)C(C)(C)C(=O)N1CCN(c2ccccn2)CC1. The van der Waals surface area contributed by atoms with E-state index >= 15 is 0 Å². The highest BCUT2D eigenvalue weighted by molar-refractivity contribution is 6.04. The molecule has 126 valence electrons. The minimum absolute atomic E-state index is 0.0237. The van der Waals surface area contributed by atoms with Gasteiger partial charge in [0, 0.05) is 38.4 Å². The monoisotopic (exact) mass is 318 g/mol. The third kappa shape index (κ3) is 4.00. The summed E-state index contributed by atoms with van der Waals surface area (Å²) in [5, 5.41) is 2.83. The molecule has 2 heterocycles. The van der Waals surface area contributed by atoms with Crippen LogP contribution >= 0.6 is 0 Å². The molecule has 6 heteroatoms. The molecule has 2 amide bonds. The van der Waals surface area contributed by atoms with Crippen molar-refractivity contribution in [1.29, 1.82) is 0 Å². The van der Waals surface area contributed by atoms with E-state index < -0.39 is 5.41 Å². The maximum absolute atomic E-state index is 12.7. The Bertz CT molecular complexity index is 549. The van der Waals surface area contributed by atoms with Crippen molar-refractivity contribution in [2.24, 2.45) is 5.41 Å². The zero-order valence-electron chi connectivity index (χ0n) is 14.4. The van der Waals surface area contributed by atoms with Crippen LogP contribution in [0.2, 0.25) is 0 Å². The number of nitrogens with one attached hydrogen (secondary N) is 1. The lowest BCUT2D eigenvalue weighted by atomic mass is 9.89. The molecule has 1 saturated heterocycles. The second-order valence-electron chi connectivity index (χ2n) is 6.72. The van der Waals surface area contributed by atoms with Crippen molar-refractivity contribution < 1.29 is 9.59 Å². The number of nitrogens with zero attached hydrogens (tertiary/aromatic N) is 3. The number of hydrogen-bond acceptors (Lipinski definition) is 4. The number of carbonyl (C=O) groups is 2. The molecule has 1 fully saturated rings. The van der Waals surface area contributed by atoms with Gasteiger partial charge in [0.2, 0.25) is 11.8 Å². The van der Waals surface area contributed by atoms with Crippen LogP contribution in [0.5, 0.6) is 0 Å². The first-order chi connectivity index (χ1) is 10.8. The molecule has 1 aliphatic heterocycles. The van der Waals surface area contributed by atoms with Crippen LogP contribution in [0.4, 0.5) is 5.82 Å². The van der Waals surface area contributed by atoms with E-state index in [9.17, 15) is 9.59 Å². The lowest BCUT2D eigenvalue weighted by molar-refractivity contribution is -0.149. The highest BCUT2D eigenvalue weighted by Gasteiger charge is 2.40. The van der Waals surface area contributed by atoms with Crippen LogP contribution in [0.15, 0.2) is 24.4 Å². The van der Waals surface area contributed by atoms with Crippen LogP contribution in [0, 0.1) is 5.41 Å². The molecule has 0 spiro atoms. The Morgan fingerprint density at radius 3 is 2.35 bits per heavy atom. The number of anilines is 1. The number of amides is 2. The van der Waals surface area contributed by atoms with E-state index in [0.29, 0.717) is 13.1 Å². The molecule has 0 aliphatic carbocycles. The summed E-state index contributed by atoms with van der Waals surface area (Å²) < 4.78 is 0. The first kappa shape index (κ1) is 17.2. The van der Waals surface area contributed by atoms with E-state index in [4.69, 9.17) is 0 Å². The standard InChI is InChI=1S/C17H26N4O2/c1-13(2)19-15(22)17(3,4)16(23)21-11-9-20(10-12-21)14-7-5-6-8-18-14/h5-8,13H,9-12H2,1-4H3,(H,19,22). The minimum Gasteiger partial charge on any atom is -0.353 e. The van der Waals surface area contributed by atoms with Gasteiger partial charge in [0.05, 0.1) is 0 Å². The Balaban J connectivity index is 1.96. The van der Waals surface area contributed by atoms with Crippen molar-refractivity contribution in [3.05, 3.63) is 24.4 Å². The Hall–Kier alpha value is -2.11. The summed E-state index contributed by atoms with van der Waals surface area (Å²) in [5.41, 5.74) is -1.04. The van der Waals surface area contributed by atoms with Gasteiger partial charge in [-0.1, -0.05) is 6.07 Å². The average Bonchev–Trinajstić information content (AvgIpc) is 2.54.